The van der Waals surface area contributed by atoms with Crippen molar-refractivity contribution in [1.82, 2.24) is 5.32 Å². The van der Waals surface area contributed by atoms with E-state index in [2.05, 4.69) is 25.2 Å². The molecule has 96 valence electrons. The third kappa shape index (κ3) is 3.12. The summed E-state index contributed by atoms with van der Waals surface area (Å²) in [5.74, 6) is 2.79. The van der Waals surface area contributed by atoms with Crippen LogP contribution in [0.4, 0.5) is 0 Å². The summed E-state index contributed by atoms with van der Waals surface area (Å²) in [6.07, 6.45) is 8.62. The van der Waals surface area contributed by atoms with Gasteiger partial charge in [0, 0.05) is 0 Å². The highest BCUT2D eigenvalue weighted by Gasteiger charge is 2.29. The molecule has 2 heteroatoms. The van der Waals surface area contributed by atoms with Crippen molar-refractivity contribution in [3.05, 3.63) is 24.2 Å². The van der Waals surface area contributed by atoms with Crippen LogP contribution >= 0.6 is 0 Å². The summed E-state index contributed by atoms with van der Waals surface area (Å²) < 4.78 is 5.61. The molecule has 0 radical (unpaired) electrons. The van der Waals surface area contributed by atoms with E-state index < -0.39 is 0 Å². The fourth-order valence-corrected chi connectivity index (χ4v) is 3.19. The molecule has 2 rings (SSSR count). The van der Waals surface area contributed by atoms with Gasteiger partial charge in [0.25, 0.3) is 0 Å². The van der Waals surface area contributed by atoms with E-state index in [0.29, 0.717) is 6.04 Å². The summed E-state index contributed by atoms with van der Waals surface area (Å²) in [4.78, 5) is 0. The highest BCUT2D eigenvalue weighted by atomic mass is 16.3. The first-order valence-corrected chi connectivity index (χ1v) is 7.11. The van der Waals surface area contributed by atoms with Gasteiger partial charge in [-0.2, -0.15) is 0 Å². The monoisotopic (exact) mass is 235 g/mol. The Morgan fingerprint density at radius 2 is 2.29 bits per heavy atom. The van der Waals surface area contributed by atoms with Gasteiger partial charge >= 0.3 is 0 Å². The molecule has 3 unspecified atom stereocenters. The van der Waals surface area contributed by atoms with E-state index in [0.717, 1.165) is 24.1 Å². The summed E-state index contributed by atoms with van der Waals surface area (Å²) >= 11 is 0. The zero-order valence-electron chi connectivity index (χ0n) is 11.1. The van der Waals surface area contributed by atoms with E-state index in [1.807, 2.05) is 6.07 Å². The fraction of sp³-hybridized carbons (Fsp3) is 0.733. The average molecular weight is 235 g/mol. The van der Waals surface area contributed by atoms with Gasteiger partial charge in [0.1, 0.15) is 5.76 Å². The molecule has 1 aliphatic carbocycles. The molecule has 0 amide bonds. The molecule has 3 atom stereocenters. The first-order valence-electron chi connectivity index (χ1n) is 7.11. The average Bonchev–Trinajstić information content (AvgIpc) is 2.89. The molecule has 1 heterocycles. The zero-order valence-corrected chi connectivity index (χ0v) is 11.1. The Kier molecular flexibility index (Phi) is 4.66. The lowest BCUT2D eigenvalue weighted by Crippen LogP contribution is -2.31. The van der Waals surface area contributed by atoms with Crippen LogP contribution in [0.15, 0.2) is 22.8 Å². The minimum Gasteiger partial charge on any atom is -0.468 e. The van der Waals surface area contributed by atoms with Crippen molar-refractivity contribution in [3.8, 4) is 0 Å². The number of hydrogen-bond acceptors (Lipinski definition) is 2. The molecule has 0 aromatic carbocycles. The first kappa shape index (κ1) is 12.7. The summed E-state index contributed by atoms with van der Waals surface area (Å²) in [6.45, 7) is 5.51. The lowest BCUT2D eigenvalue weighted by molar-refractivity contribution is 0.195. The van der Waals surface area contributed by atoms with Crippen LogP contribution in [0.3, 0.4) is 0 Å². The van der Waals surface area contributed by atoms with E-state index in [9.17, 15) is 0 Å². The molecule has 0 bridgehead atoms. The molecule has 0 spiro atoms. The summed E-state index contributed by atoms with van der Waals surface area (Å²) in [7, 11) is 0. The lowest BCUT2D eigenvalue weighted by atomic mass is 9.76. The predicted octanol–water partition coefficient (Wildman–Crippen LogP) is 4.15. The Hall–Kier alpha value is -0.760. The molecular formula is C15H25NO. The van der Waals surface area contributed by atoms with Crippen LogP contribution < -0.4 is 5.32 Å². The fourth-order valence-electron chi connectivity index (χ4n) is 3.19. The Morgan fingerprint density at radius 1 is 1.41 bits per heavy atom. The minimum absolute atomic E-state index is 0.421. The second-order valence-electron chi connectivity index (χ2n) is 5.25. The van der Waals surface area contributed by atoms with E-state index >= 15 is 0 Å². The van der Waals surface area contributed by atoms with Crippen molar-refractivity contribution in [2.24, 2.45) is 11.8 Å². The van der Waals surface area contributed by atoms with Crippen LogP contribution in [0.1, 0.15) is 57.8 Å². The molecule has 1 N–H and O–H groups in total. The molecule has 0 aliphatic heterocycles. The van der Waals surface area contributed by atoms with Crippen LogP contribution in [-0.4, -0.2) is 6.54 Å². The maximum Gasteiger partial charge on any atom is 0.120 e. The Morgan fingerprint density at radius 3 is 2.94 bits per heavy atom. The van der Waals surface area contributed by atoms with Gasteiger partial charge in [-0.05, 0) is 43.4 Å². The van der Waals surface area contributed by atoms with E-state index in [-0.39, 0.29) is 0 Å². The van der Waals surface area contributed by atoms with Crippen LogP contribution in [-0.2, 0) is 0 Å². The highest BCUT2D eigenvalue weighted by Crippen LogP contribution is 2.38. The Bertz CT molecular complexity index is 307. The second kappa shape index (κ2) is 6.25. The Labute approximate surface area is 105 Å². The number of rotatable bonds is 5. The minimum atomic E-state index is 0.421. The third-order valence-corrected chi connectivity index (χ3v) is 4.15. The van der Waals surface area contributed by atoms with E-state index in [1.54, 1.807) is 6.26 Å². The van der Waals surface area contributed by atoms with Crippen molar-refractivity contribution >= 4 is 0 Å². The molecule has 1 aliphatic rings. The van der Waals surface area contributed by atoms with Gasteiger partial charge in [-0.3, -0.25) is 0 Å². The molecule has 1 aromatic rings. The molecular weight excluding hydrogens is 210 g/mol. The van der Waals surface area contributed by atoms with Gasteiger partial charge in [-0.15, -0.1) is 0 Å². The normalized spacial score (nSPS) is 26.9. The number of hydrogen-bond donors (Lipinski definition) is 1. The maximum atomic E-state index is 5.61. The zero-order chi connectivity index (χ0) is 12.1. The van der Waals surface area contributed by atoms with Crippen LogP contribution in [0.5, 0.6) is 0 Å². The molecule has 2 nitrogen and oxygen atoms in total. The molecule has 1 aromatic heterocycles. The SMILES string of the molecule is CCNC(c1ccco1)C1CCCC(CC)C1. The first-order chi connectivity index (χ1) is 8.35. The van der Waals surface area contributed by atoms with Gasteiger partial charge in [-0.25, -0.2) is 0 Å². The molecule has 17 heavy (non-hydrogen) atoms. The van der Waals surface area contributed by atoms with Crippen LogP contribution in [0.2, 0.25) is 0 Å². The lowest BCUT2D eigenvalue weighted by Gasteiger charge is -2.33. The Balaban J connectivity index is 2.05. The van der Waals surface area contributed by atoms with Crippen molar-refractivity contribution in [3.63, 3.8) is 0 Å². The van der Waals surface area contributed by atoms with Crippen molar-refractivity contribution in [2.75, 3.05) is 6.54 Å². The van der Waals surface area contributed by atoms with Crippen molar-refractivity contribution in [1.29, 1.82) is 0 Å². The van der Waals surface area contributed by atoms with Gasteiger partial charge < -0.3 is 9.73 Å². The molecule has 1 fully saturated rings. The number of nitrogens with one attached hydrogen (secondary N) is 1. The summed E-state index contributed by atoms with van der Waals surface area (Å²) in [5, 5.41) is 3.61. The topological polar surface area (TPSA) is 25.2 Å². The second-order valence-corrected chi connectivity index (χ2v) is 5.25. The number of furan rings is 1. The van der Waals surface area contributed by atoms with Crippen molar-refractivity contribution in [2.45, 2.75) is 52.0 Å². The molecule has 0 saturated heterocycles. The quantitative estimate of drug-likeness (QED) is 0.829. The smallest absolute Gasteiger partial charge is 0.120 e. The van der Waals surface area contributed by atoms with E-state index in [4.69, 9.17) is 4.42 Å². The van der Waals surface area contributed by atoms with Gasteiger partial charge in [-0.1, -0.05) is 33.1 Å². The van der Waals surface area contributed by atoms with E-state index in [1.165, 1.54) is 32.1 Å². The van der Waals surface area contributed by atoms with Crippen LogP contribution in [0.25, 0.3) is 0 Å². The van der Waals surface area contributed by atoms with Crippen molar-refractivity contribution < 1.29 is 4.42 Å². The summed E-state index contributed by atoms with van der Waals surface area (Å²) in [5.41, 5.74) is 0. The maximum absolute atomic E-state index is 5.61. The predicted molar refractivity (Wildman–Crippen MR) is 70.9 cm³/mol. The third-order valence-electron chi connectivity index (χ3n) is 4.15. The summed E-state index contributed by atoms with van der Waals surface area (Å²) in [6, 6.07) is 4.53. The van der Waals surface area contributed by atoms with Crippen LogP contribution in [0, 0.1) is 11.8 Å². The van der Waals surface area contributed by atoms with Gasteiger partial charge in [0.2, 0.25) is 0 Å². The standard InChI is InChI=1S/C15H25NO/c1-3-12-7-5-8-13(11-12)15(16-4-2)14-9-6-10-17-14/h6,9-10,12-13,15-16H,3-5,7-8,11H2,1-2H3. The van der Waals surface area contributed by atoms with Gasteiger partial charge in [0.15, 0.2) is 0 Å². The van der Waals surface area contributed by atoms with Gasteiger partial charge in [0.05, 0.1) is 12.3 Å². The molecule has 1 saturated carbocycles. The highest BCUT2D eigenvalue weighted by molar-refractivity contribution is 5.06. The largest absolute Gasteiger partial charge is 0.468 e.